The van der Waals surface area contributed by atoms with E-state index in [2.05, 4.69) is 0 Å². The molecule has 7 nitrogen and oxygen atoms in total. The maximum atomic E-state index is 13.6. The summed E-state index contributed by atoms with van der Waals surface area (Å²) in [5.74, 6) is 0.180. The molecule has 7 heteroatoms. The highest BCUT2D eigenvalue weighted by molar-refractivity contribution is 6.46. The highest BCUT2D eigenvalue weighted by atomic mass is 16.5. The van der Waals surface area contributed by atoms with E-state index in [0.29, 0.717) is 48.6 Å². The van der Waals surface area contributed by atoms with E-state index >= 15 is 0 Å². The van der Waals surface area contributed by atoms with Crippen LogP contribution in [0.4, 0.5) is 0 Å². The van der Waals surface area contributed by atoms with Crippen LogP contribution in [-0.2, 0) is 29.0 Å². The smallest absolute Gasteiger partial charge is 0.295 e. The number of carbonyl (C=O) groups is 2. The molecule has 0 aromatic heterocycles. The molecule has 4 aromatic rings. The van der Waals surface area contributed by atoms with Crippen molar-refractivity contribution >= 4 is 17.4 Å². The van der Waals surface area contributed by atoms with Gasteiger partial charge in [-0.1, -0.05) is 66.7 Å². The number of rotatable bonds is 9. The third-order valence-electron chi connectivity index (χ3n) is 7.93. The van der Waals surface area contributed by atoms with Crippen molar-refractivity contribution in [3.8, 4) is 17.2 Å². The molecule has 43 heavy (non-hydrogen) atoms. The van der Waals surface area contributed by atoms with E-state index in [0.717, 1.165) is 22.4 Å². The number of nitrogens with zero attached hydrogens (tertiary/aromatic N) is 1. The van der Waals surface area contributed by atoms with Gasteiger partial charge in [-0.2, -0.15) is 0 Å². The van der Waals surface area contributed by atoms with E-state index in [1.807, 2.05) is 79.7 Å². The van der Waals surface area contributed by atoms with E-state index in [-0.39, 0.29) is 17.4 Å². The van der Waals surface area contributed by atoms with Crippen molar-refractivity contribution in [3.05, 3.63) is 130 Å². The van der Waals surface area contributed by atoms with E-state index in [9.17, 15) is 14.7 Å². The molecule has 2 atom stereocenters. The number of likely N-dealkylation sites (tertiary alicyclic amines) is 1. The minimum Gasteiger partial charge on any atom is -0.507 e. The summed E-state index contributed by atoms with van der Waals surface area (Å²) in [6.07, 6.45) is 1.28. The number of methoxy groups -OCH3 is 1. The number of ketones is 1. The summed E-state index contributed by atoms with van der Waals surface area (Å²) in [4.78, 5) is 28.7. The highest BCUT2D eigenvalue weighted by Crippen LogP contribution is 2.43. The molecule has 0 spiro atoms. The Kier molecular flexibility index (Phi) is 7.88. The van der Waals surface area contributed by atoms with Crippen molar-refractivity contribution in [2.45, 2.75) is 38.5 Å². The minimum absolute atomic E-state index is 0.0334. The van der Waals surface area contributed by atoms with Crippen LogP contribution in [0.15, 0.2) is 103 Å². The largest absolute Gasteiger partial charge is 0.507 e. The third kappa shape index (κ3) is 5.71. The maximum Gasteiger partial charge on any atom is 0.295 e. The zero-order valence-electron chi connectivity index (χ0n) is 24.2. The minimum atomic E-state index is -0.816. The number of hydrogen-bond acceptors (Lipinski definition) is 6. The number of Topliss-reactive ketones (excluding diaryl/α,β-unsaturated/α-hetero) is 1. The molecule has 0 unspecified atom stereocenters. The molecule has 1 amide bonds. The number of fused-ring (bicyclic) bond motifs is 1. The summed E-state index contributed by atoms with van der Waals surface area (Å²) in [7, 11) is 1.55. The molecule has 0 bridgehead atoms. The van der Waals surface area contributed by atoms with Gasteiger partial charge in [0.15, 0.2) is 11.5 Å². The lowest BCUT2D eigenvalue weighted by molar-refractivity contribution is -0.139. The van der Waals surface area contributed by atoms with Gasteiger partial charge in [-0.15, -0.1) is 0 Å². The molecule has 6 rings (SSSR count). The Morgan fingerprint density at radius 3 is 2.35 bits per heavy atom. The second-order valence-corrected chi connectivity index (χ2v) is 10.9. The van der Waals surface area contributed by atoms with Gasteiger partial charge >= 0.3 is 0 Å². The van der Waals surface area contributed by atoms with Crippen molar-refractivity contribution in [2.24, 2.45) is 0 Å². The molecule has 2 aliphatic heterocycles. The average molecular weight is 576 g/mol. The molecular weight excluding hydrogens is 542 g/mol. The first-order valence-electron chi connectivity index (χ1n) is 14.4. The van der Waals surface area contributed by atoms with Gasteiger partial charge in [0, 0.05) is 18.5 Å². The summed E-state index contributed by atoms with van der Waals surface area (Å²) < 4.78 is 17.6. The van der Waals surface area contributed by atoms with Gasteiger partial charge in [-0.3, -0.25) is 9.59 Å². The number of aliphatic hydroxyl groups is 1. The summed E-state index contributed by atoms with van der Waals surface area (Å²) in [6, 6.07) is 29.5. The number of benzene rings is 4. The van der Waals surface area contributed by atoms with Crippen molar-refractivity contribution in [1.29, 1.82) is 0 Å². The Morgan fingerprint density at radius 2 is 1.63 bits per heavy atom. The fourth-order valence-electron chi connectivity index (χ4n) is 5.79. The quantitative estimate of drug-likeness (QED) is 0.144. The summed E-state index contributed by atoms with van der Waals surface area (Å²) in [6.45, 7) is 2.63. The Balaban J connectivity index is 1.39. The monoisotopic (exact) mass is 575 g/mol. The van der Waals surface area contributed by atoms with Crippen LogP contribution in [0.25, 0.3) is 5.76 Å². The molecule has 1 saturated heterocycles. The molecule has 1 fully saturated rings. The van der Waals surface area contributed by atoms with Crippen LogP contribution in [-0.4, -0.2) is 41.5 Å². The van der Waals surface area contributed by atoms with Crippen LogP contribution in [0.2, 0.25) is 0 Å². The Bertz CT molecular complexity index is 1680. The average Bonchev–Trinajstić information content (AvgIpc) is 3.54. The van der Waals surface area contributed by atoms with Crippen LogP contribution in [0, 0.1) is 0 Å². The number of amides is 1. The maximum absolute atomic E-state index is 13.6. The second-order valence-electron chi connectivity index (χ2n) is 10.9. The summed E-state index contributed by atoms with van der Waals surface area (Å²) >= 11 is 0. The fraction of sp³-hybridized carbons (Fsp3) is 0.222. The van der Waals surface area contributed by atoms with Gasteiger partial charge in [0.05, 0.1) is 18.7 Å². The van der Waals surface area contributed by atoms with Gasteiger partial charge in [0.2, 0.25) is 0 Å². The van der Waals surface area contributed by atoms with Crippen molar-refractivity contribution < 1.29 is 28.9 Å². The normalized spacial score (nSPS) is 18.8. The van der Waals surface area contributed by atoms with Crippen LogP contribution < -0.4 is 14.2 Å². The van der Waals surface area contributed by atoms with Crippen molar-refractivity contribution in [2.75, 3.05) is 13.7 Å². The number of aliphatic hydroxyl groups excluding tert-OH is 1. The molecule has 0 radical (unpaired) electrons. The molecule has 0 saturated carbocycles. The zero-order valence-corrected chi connectivity index (χ0v) is 24.2. The second kappa shape index (κ2) is 12.1. The summed E-state index contributed by atoms with van der Waals surface area (Å²) in [5.41, 5.74) is 4.15. The third-order valence-corrected chi connectivity index (χ3v) is 7.93. The number of hydrogen-bond donors (Lipinski definition) is 1. The molecule has 218 valence electrons. The molecule has 2 heterocycles. The van der Waals surface area contributed by atoms with Crippen LogP contribution >= 0.6 is 0 Å². The topological polar surface area (TPSA) is 85.3 Å². The van der Waals surface area contributed by atoms with Gasteiger partial charge < -0.3 is 24.2 Å². The predicted octanol–water partition coefficient (Wildman–Crippen LogP) is 6.26. The zero-order chi connectivity index (χ0) is 29.9. The molecule has 1 N–H and O–H groups in total. The number of ether oxygens (including phenoxy) is 3. The molecule has 0 aliphatic carbocycles. The first-order chi connectivity index (χ1) is 20.9. The molecular formula is C36H33NO6. The highest BCUT2D eigenvalue weighted by Gasteiger charge is 2.46. The SMILES string of the molecule is COc1cc([C@@H]2/C(=C(\O)c3ccc4c(c3)C[C@H](C)O4)C(=O)C(=O)N2CCc2ccccc2)ccc1OCc1ccccc1. The number of carbonyl (C=O) groups excluding carboxylic acids is 2. The van der Waals surface area contributed by atoms with E-state index in [1.165, 1.54) is 0 Å². The van der Waals surface area contributed by atoms with Gasteiger partial charge in [-0.25, -0.2) is 0 Å². The van der Waals surface area contributed by atoms with E-state index < -0.39 is 17.7 Å². The van der Waals surface area contributed by atoms with Gasteiger partial charge in [0.1, 0.15) is 24.2 Å². The summed E-state index contributed by atoms with van der Waals surface area (Å²) in [5, 5.41) is 11.6. The van der Waals surface area contributed by atoms with E-state index in [4.69, 9.17) is 14.2 Å². The molecule has 4 aromatic carbocycles. The Morgan fingerprint density at radius 1 is 0.907 bits per heavy atom. The van der Waals surface area contributed by atoms with Crippen molar-refractivity contribution in [3.63, 3.8) is 0 Å². The molecule has 2 aliphatic rings. The Labute approximate surface area is 250 Å². The van der Waals surface area contributed by atoms with Crippen LogP contribution in [0.1, 0.15) is 40.8 Å². The van der Waals surface area contributed by atoms with Crippen LogP contribution in [0.3, 0.4) is 0 Å². The van der Waals surface area contributed by atoms with Gasteiger partial charge in [-0.05, 0) is 65.9 Å². The lowest BCUT2D eigenvalue weighted by atomic mass is 9.94. The lowest BCUT2D eigenvalue weighted by Crippen LogP contribution is -2.31. The predicted molar refractivity (Wildman–Crippen MR) is 163 cm³/mol. The van der Waals surface area contributed by atoms with E-state index in [1.54, 1.807) is 36.3 Å². The first kappa shape index (κ1) is 28.1. The Hall–Kier alpha value is -5.04. The lowest BCUT2D eigenvalue weighted by Gasteiger charge is -2.26. The first-order valence-corrected chi connectivity index (χ1v) is 14.4. The van der Waals surface area contributed by atoms with Crippen molar-refractivity contribution in [1.82, 2.24) is 4.90 Å². The van der Waals surface area contributed by atoms with Gasteiger partial charge in [0.25, 0.3) is 11.7 Å². The van der Waals surface area contributed by atoms with Crippen LogP contribution in [0.5, 0.6) is 17.2 Å². The standard InChI is InChI=1S/C36H33NO6/c1-23-19-28-20-27(14-15-29(28)43-23)34(38)32-33(37(36(40)35(32)39)18-17-24-9-5-3-6-10-24)26-13-16-30(31(21-26)41-2)42-22-25-11-7-4-8-12-25/h3-16,20-21,23,33,38H,17-19,22H2,1-2H3/b34-32+/t23-,33+/m0/s1. The fourth-order valence-corrected chi connectivity index (χ4v) is 5.79.